The lowest BCUT2D eigenvalue weighted by atomic mass is 9.96. The Labute approximate surface area is 161 Å². The number of hydrogen-bond donors (Lipinski definition) is 2. The molecule has 1 heterocycles. The molecular formula is C22H28N3O2+. The molecule has 1 aliphatic rings. The number of hydrogen-bond acceptors (Lipinski definition) is 2. The molecule has 3 rings (SSSR count). The van der Waals surface area contributed by atoms with Gasteiger partial charge >= 0.3 is 0 Å². The molecule has 1 atom stereocenters. The fourth-order valence-corrected chi connectivity index (χ4v) is 3.54. The number of carbonyl (C=O) groups excluding carboxylic acids is 2. The highest BCUT2D eigenvalue weighted by atomic mass is 16.2. The number of benzene rings is 2. The maximum atomic E-state index is 13.1. The SMILES string of the molecule is CCc1ccc(C[NH+](C)CC(=O)N2c3ccccc3NC(=O)C2(C)C)cc1. The highest BCUT2D eigenvalue weighted by Gasteiger charge is 2.44. The molecule has 0 fully saturated rings. The van der Waals surface area contributed by atoms with E-state index in [1.165, 1.54) is 11.1 Å². The van der Waals surface area contributed by atoms with Crippen molar-refractivity contribution in [3.05, 3.63) is 59.7 Å². The van der Waals surface area contributed by atoms with E-state index in [0.29, 0.717) is 12.2 Å². The van der Waals surface area contributed by atoms with Crippen molar-refractivity contribution in [3.63, 3.8) is 0 Å². The summed E-state index contributed by atoms with van der Waals surface area (Å²) in [6.07, 6.45) is 1.02. The number of fused-ring (bicyclic) bond motifs is 1. The Morgan fingerprint density at radius 2 is 1.70 bits per heavy atom. The zero-order chi connectivity index (χ0) is 19.6. The quantitative estimate of drug-likeness (QED) is 0.851. The molecule has 2 aromatic rings. The molecule has 0 saturated carbocycles. The first kappa shape index (κ1) is 19.1. The number of nitrogens with one attached hydrogen (secondary N) is 2. The predicted molar refractivity (Wildman–Crippen MR) is 108 cm³/mol. The number of para-hydroxylation sites is 2. The van der Waals surface area contributed by atoms with Crippen molar-refractivity contribution in [3.8, 4) is 0 Å². The Bertz CT molecular complexity index is 843. The number of quaternary nitrogens is 1. The standard InChI is InChI=1S/C22H27N3O2/c1-5-16-10-12-17(13-11-16)14-24(4)15-20(26)25-19-9-7-6-8-18(19)23-21(27)22(25,2)3/h6-13H,5,14-15H2,1-4H3,(H,23,27)/p+1. The number of rotatable bonds is 5. The first-order chi connectivity index (χ1) is 12.8. The Morgan fingerprint density at radius 3 is 2.37 bits per heavy atom. The molecule has 2 aromatic carbocycles. The van der Waals surface area contributed by atoms with Crippen LogP contribution in [0.4, 0.5) is 11.4 Å². The third-order valence-corrected chi connectivity index (χ3v) is 5.15. The van der Waals surface area contributed by atoms with Gasteiger partial charge in [0.2, 0.25) is 5.91 Å². The number of aryl methyl sites for hydroxylation is 1. The van der Waals surface area contributed by atoms with Crippen LogP contribution in [0.3, 0.4) is 0 Å². The Balaban J connectivity index is 1.76. The molecule has 0 spiro atoms. The maximum Gasteiger partial charge on any atom is 0.283 e. The largest absolute Gasteiger partial charge is 0.326 e. The molecular weight excluding hydrogens is 338 g/mol. The number of likely N-dealkylation sites (N-methyl/N-ethyl adjacent to an activating group) is 1. The van der Waals surface area contributed by atoms with Crippen LogP contribution in [0.25, 0.3) is 0 Å². The average molecular weight is 366 g/mol. The van der Waals surface area contributed by atoms with Crippen LogP contribution in [0.5, 0.6) is 0 Å². The van der Waals surface area contributed by atoms with Crippen LogP contribution in [-0.2, 0) is 22.6 Å². The van der Waals surface area contributed by atoms with Crippen molar-refractivity contribution < 1.29 is 14.5 Å². The van der Waals surface area contributed by atoms with Gasteiger partial charge in [0.15, 0.2) is 6.54 Å². The van der Waals surface area contributed by atoms with Crippen molar-refractivity contribution in [2.75, 3.05) is 23.8 Å². The lowest BCUT2D eigenvalue weighted by Gasteiger charge is -2.42. The number of anilines is 2. The van der Waals surface area contributed by atoms with E-state index in [-0.39, 0.29) is 11.8 Å². The lowest BCUT2D eigenvalue weighted by molar-refractivity contribution is -0.885. The van der Waals surface area contributed by atoms with E-state index < -0.39 is 5.54 Å². The molecule has 0 saturated heterocycles. The summed E-state index contributed by atoms with van der Waals surface area (Å²) in [5.74, 6) is -0.215. The summed E-state index contributed by atoms with van der Waals surface area (Å²) in [5.41, 5.74) is 3.03. The molecule has 1 aliphatic heterocycles. The van der Waals surface area contributed by atoms with Gasteiger partial charge in [-0.2, -0.15) is 0 Å². The van der Waals surface area contributed by atoms with Crippen LogP contribution in [0, 0.1) is 0 Å². The van der Waals surface area contributed by atoms with Crippen molar-refractivity contribution in [1.29, 1.82) is 0 Å². The van der Waals surface area contributed by atoms with E-state index >= 15 is 0 Å². The number of nitrogens with zero attached hydrogens (tertiary/aromatic N) is 1. The van der Waals surface area contributed by atoms with Gasteiger partial charge in [0.25, 0.3) is 5.91 Å². The second-order valence-corrected chi connectivity index (χ2v) is 7.74. The zero-order valence-corrected chi connectivity index (χ0v) is 16.5. The van der Waals surface area contributed by atoms with Gasteiger partial charge in [0.05, 0.1) is 18.4 Å². The van der Waals surface area contributed by atoms with Crippen LogP contribution < -0.4 is 15.1 Å². The van der Waals surface area contributed by atoms with E-state index in [0.717, 1.165) is 23.6 Å². The minimum absolute atomic E-state index is 0.0509. The predicted octanol–water partition coefficient (Wildman–Crippen LogP) is 2.03. The summed E-state index contributed by atoms with van der Waals surface area (Å²) in [6.45, 7) is 6.79. The molecule has 0 aromatic heterocycles. The number of amides is 2. The van der Waals surface area contributed by atoms with Gasteiger partial charge in [-0.15, -0.1) is 0 Å². The Hall–Kier alpha value is -2.66. The van der Waals surface area contributed by atoms with Gasteiger partial charge < -0.3 is 10.2 Å². The number of carbonyl (C=O) groups is 2. The fraction of sp³-hybridized carbons (Fsp3) is 0.364. The van der Waals surface area contributed by atoms with E-state index in [1.54, 1.807) is 18.7 Å². The monoisotopic (exact) mass is 366 g/mol. The van der Waals surface area contributed by atoms with E-state index in [1.807, 2.05) is 31.3 Å². The molecule has 0 bridgehead atoms. The minimum Gasteiger partial charge on any atom is -0.326 e. The molecule has 5 nitrogen and oxygen atoms in total. The first-order valence-corrected chi connectivity index (χ1v) is 9.45. The summed E-state index contributed by atoms with van der Waals surface area (Å²) in [4.78, 5) is 28.4. The third-order valence-electron chi connectivity index (χ3n) is 5.15. The molecule has 0 aliphatic carbocycles. The van der Waals surface area contributed by atoms with Gasteiger partial charge in [0.1, 0.15) is 12.1 Å². The normalized spacial score (nSPS) is 16.4. The summed E-state index contributed by atoms with van der Waals surface area (Å²) >= 11 is 0. The summed E-state index contributed by atoms with van der Waals surface area (Å²) in [7, 11) is 2.01. The second-order valence-electron chi connectivity index (χ2n) is 7.74. The van der Waals surface area contributed by atoms with Crippen LogP contribution in [0.1, 0.15) is 31.9 Å². The molecule has 2 N–H and O–H groups in total. The molecule has 2 amide bonds. The molecule has 5 heteroatoms. The Kier molecular flexibility index (Phi) is 5.33. The smallest absolute Gasteiger partial charge is 0.283 e. The maximum absolute atomic E-state index is 13.1. The minimum atomic E-state index is -0.922. The van der Waals surface area contributed by atoms with Crippen molar-refractivity contribution in [1.82, 2.24) is 0 Å². The molecule has 27 heavy (non-hydrogen) atoms. The molecule has 142 valence electrons. The van der Waals surface area contributed by atoms with Gasteiger partial charge in [0, 0.05) is 5.56 Å². The second kappa shape index (κ2) is 7.53. The molecule has 1 unspecified atom stereocenters. The van der Waals surface area contributed by atoms with Gasteiger partial charge in [-0.1, -0.05) is 43.3 Å². The highest BCUT2D eigenvalue weighted by Crippen LogP contribution is 2.36. The van der Waals surface area contributed by atoms with E-state index in [9.17, 15) is 9.59 Å². The van der Waals surface area contributed by atoms with Gasteiger partial charge in [-0.05, 0) is 38.0 Å². The van der Waals surface area contributed by atoms with Crippen LogP contribution >= 0.6 is 0 Å². The molecule has 0 radical (unpaired) electrons. The van der Waals surface area contributed by atoms with Crippen molar-refractivity contribution in [2.24, 2.45) is 0 Å². The van der Waals surface area contributed by atoms with E-state index in [4.69, 9.17) is 0 Å². The summed E-state index contributed by atoms with van der Waals surface area (Å²) < 4.78 is 0. The van der Waals surface area contributed by atoms with Gasteiger partial charge in [-0.25, -0.2) is 0 Å². The topological polar surface area (TPSA) is 53.9 Å². The van der Waals surface area contributed by atoms with Crippen LogP contribution in [0.15, 0.2) is 48.5 Å². The van der Waals surface area contributed by atoms with Crippen molar-refractivity contribution >= 4 is 23.2 Å². The third kappa shape index (κ3) is 3.88. The van der Waals surface area contributed by atoms with Crippen LogP contribution in [-0.4, -0.2) is 30.9 Å². The average Bonchev–Trinajstić information content (AvgIpc) is 2.63. The highest BCUT2D eigenvalue weighted by molar-refractivity contribution is 6.14. The summed E-state index contributed by atoms with van der Waals surface area (Å²) in [5, 5.41) is 2.90. The zero-order valence-electron chi connectivity index (χ0n) is 16.5. The van der Waals surface area contributed by atoms with Crippen molar-refractivity contribution in [2.45, 2.75) is 39.3 Å². The van der Waals surface area contributed by atoms with Crippen LogP contribution in [0.2, 0.25) is 0 Å². The van der Waals surface area contributed by atoms with E-state index in [2.05, 4.69) is 36.5 Å². The first-order valence-electron chi connectivity index (χ1n) is 9.45. The Morgan fingerprint density at radius 1 is 1.07 bits per heavy atom. The van der Waals surface area contributed by atoms with Gasteiger partial charge in [-0.3, -0.25) is 14.5 Å². The fourth-order valence-electron chi connectivity index (χ4n) is 3.54. The summed E-state index contributed by atoms with van der Waals surface area (Å²) in [6, 6.07) is 16.0. The lowest BCUT2D eigenvalue weighted by Crippen LogP contribution is -3.09.